The summed E-state index contributed by atoms with van der Waals surface area (Å²) in [6.07, 6.45) is 0. The Bertz CT molecular complexity index is 1090. The highest BCUT2D eigenvalue weighted by molar-refractivity contribution is 7.99. The maximum absolute atomic E-state index is 12.3. The van der Waals surface area contributed by atoms with Crippen molar-refractivity contribution in [2.45, 2.75) is 32.9 Å². The molecule has 31 heavy (non-hydrogen) atoms. The molecule has 0 unspecified atom stereocenters. The molecule has 0 atom stereocenters. The minimum absolute atomic E-state index is 0.0899. The van der Waals surface area contributed by atoms with Gasteiger partial charge < -0.3 is 16.0 Å². The van der Waals surface area contributed by atoms with Crippen LogP contribution < -0.4 is 16.0 Å². The van der Waals surface area contributed by atoms with E-state index in [0.29, 0.717) is 5.16 Å². The summed E-state index contributed by atoms with van der Waals surface area (Å²) in [5.41, 5.74) is 4.75. The van der Waals surface area contributed by atoms with Crippen LogP contribution in [0.3, 0.4) is 0 Å². The van der Waals surface area contributed by atoms with Crippen molar-refractivity contribution in [3.63, 3.8) is 0 Å². The number of anilines is 2. The maximum Gasteiger partial charge on any atom is 0.243 e. The van der Waals surface area contributed by atoms with Crippen molar-refractivity contribution in [2.75, 3.05) is 29.5 Å². The second kappa shape index (κ2) is 10.3. The highest BCUT2D eigenvalue weighted by Crippen LogP contribution is 2.24. The molecule has 3 rings (SSSR count). The number of nitrogens with zero attached hydrogens (tertiary/aromatic N) is 2. The lowest BCUT2D eigenvalue weighted by Gasteiger charge is -2.13. The SMILES string of the molecule is CCNc1nc(SCC(=O)NCC(=O)Nc2c(C)cc(C)cc2C)nc2ccccc12. The summed E-state index contributed by atoms with van der Waals surface area (Å²) in [5, 5.41) is 10.2. The van der Waals surface area contributed by atoms with Crippen molar-refractivity contribution >= 4 is 46.0 Å². The van der Waals surface area contributed by atoms with Gasteiger partial charge in [-0.05, 0) is 51.0 Å². The molecular formula is C23H27N5O2S. The fourth-order valence-corrected chi connectivity index (χ4v) is 4.02. The van der Waals surface area contributed by atoms with E-state index < -0.39 is 0 Å². The normalized spacial score (nSPS) is 10.7. The molecule has 0 saturated heterocycles. The van der Waals surface area contributed by atoms with Gasteiger partial charge in [-0.3, -0.25) is 9.59 Å². The lowest BCUT2D eigenvalue weighted by molar-refractivity contribution is -0.122. The predicted octanol–water partition coefficient (Wildman–Crippen LogP) is 3.83. The molecule has 0 aliphatic heterocycles. The van der Waals surface area contributed by atoms with E-state index in [4.69, 9.17) is 0 Å². The van der Waals surface area contributed by atoms with Gasteiger partial charge in [0.2, 0.25) is 11.8 Å². The molecule has 8 heteroatoms. The number of benzene rings is 2. The number of thioether (sulfide) groups is 1. The Balaban J connectivity index is 1.55. The monoisotopic (exact) mass is 437 g/mol. The number of carbonyl (C=O) groups is 2. The lowest BCUT2D eigenvalue weighted by Crippen LogP contribution is -2.34. The van der Waals surface area contributed by atoms with Crippen LogP contribution in [0.15, 0.2) is 41.6 Å². The molecule has 0 spiro atoms. The van der Waals surface area contributed by atoms with Gasteiger partial charge in [-0.1, -0.05) is 41.6 Å². The van der Waals surface area contributed by atoms with Crippen molar-refractivity contribution in [1.82, 2.24) is 15.3 Å². The lowest BCUT2D eigenvalue weighted by atomic mass is 10.1. The molecule has 0 aliphatic carbocycles. The van der Waals surface area contributed by atoms with Crippen LogP contribution in [0.25, 0.3) is 10.9 Å². The van der Waals surface area contributed by atoms with Crippen molar-refractivity contribution in [1.29, 1.82) is 0 Å². The van der Waals surface area contributed by atoms with Crippen LogP contribution in [0.5, 0.6) is 0 Å². The zero-order chi connectivity index (χ0) is 22.4. The molecule has 0 radical (unpaired) electrons. The molecule has 0 bridgehead atoms. The number of aromatic nitrogens is 2. The van der Waals surface area contributed by atoms with Gasteiger partial charge in [0.1, 0.15) is 5.82 Å². The van der Waals surface area contributed by atoms with Gasteiger partial charge in [0, 0.05) is 17.6 Å². The van der Waals surface area contributed by atoms with Crippen LogP contribution >= 0.6 is 11.8 Å². The van der Waals surface area contributed by atoms with Crippen LogP contribution in [0.1, 0.15) is 23.6 Å². The quantitative estimate of drug-likeness (QED) is 0.366. The summed E-state index contributed by atoms with van der Waals surface area (Å²) in [6, 6.07) is 11.8. The minimum atomic E-state index is -0.259. The third-order valence-corrected chi connectivity index (χ3v) is 5.49. The molecular weight excluding hydrogens is 410 g/mol. The summed E-state index contributed by atoms with van der Waals surface area (Å²) in [7, 11) is 0. The summed E-state index contributed by atoms with van der Waals surface area (Å²) < 4.78 is 0. The highest BCUT2D eigenvalue weighted by atomic mass is 32.2. The Hall–Kier alpha value is -3.13. The molecule has 162 valence electrons. The molecule has 3 N–H and O–H groups in total. The topological polar surface area (TPSA) is 96.0 Å². The first-order valence-electron chi connectivity index (χ1n) is 10.1. The van der Waals surface area contributed by atoms with Gasteiger partial charge in [0.15, 0.2) is 5.16 Å². The number of aryl methyl sites for hydroxylation is 3. The molecule has 0 saturated carbocycles. The van der Waals surface area contributed by atoms with Crippen LogP contribution in [0.2, 0.25) is 0 Å². The summed E-state index contributed by atoms with van der Waals surface area (Å²) in [5.74, 6) is 0.364. The molecule has 0 fully saturated rings. The Kier molecular flexibility index (Phi) is 7.46. The van der Waals surface area contributed by atoms with E-state index in [0.717, 1.165) is 45.6 Å². The van der Waals surface area contributed by atoms with Crippen LogP contribution in [-0.4, -0.2) is 40.6 Å². The van der Waals surface area contributed by atoms with Crippen LogP contribution in [0, 0.1) is 20.8 Å². The van der Waals surface area contributed by atoms with Gasteiger partial charge in [-0.25, -0.2) is 9.97 Å². The number of hydrogen-bond donors (Lipinski definition) is 3. The molecule has 2 amide bonds. The molecule has 1 aromatic heterocycles. The zero-order valence-electron chi connectivity index (χ0n) is 18.2. The average Bonchev–Trinajstić information content (AvgIpc) is 2.73. The van der Waals surface area contributed by atoms with E-state index >= 15 is 0 Å². The number of carbonyl (C=O) groups excluding carboxylic acids is 2. The van der Waals surface area contributed by atoms with Gasteiger partial charge >= 0.3 is 0 Å². The third-order valence-electron chi connectivity index (χ3n) is 4.65. The van der Waals surface area contributed by atoms with Crippen molar-refractivity contribution in [2.24, 2.45) is 0 Å². The summed E-state index contributed by atoms with van der Waals surface area (Å²) in [4.78, 5) is 33.6. The first-order valence-corrected chi connectivity index (χ1v) is 11.1. The number of hydrogen-bond acceptors (Lipinski definition) is 6. The average molecular weight is 438 g/mol. The Morgan fingerprint density at radius 3 is 2.42 bits per heavy atom. The number of fused-ring (bicyclic) bond motifs is 1. The van der Waals surface area contributed by atoms with Crippen molar-refractivity contribution < 1.29 is 9.59 Å². The van der Waals surface area contributed by atoms with Gasteiger partial charge in [-0.15, -0.1) is 0 Å². The van der Waals surface area contributed by atoms with Crippen molar-refractivity contribution in [3.8, 4) is 0 Å². The van der Waals surface area contributed by atoms with E-state index in [9.17, 15) is 9.59 Å². The molecule has 7 nitrogen and oxygen atoms in total. The van der Waals surface area contributed by atoms with Gasteiger partial charge in [-0.2, -0.15) is 0 Å². The molecule has 2 aromatic carbocycles. The van der Waals surface area contributed by atoms with E-state index in [1.54, 1.807) is 0 Å². The zero-order valence-corrected chi connectivity index (χ0v) is 19.0. The molecule has 1 heterocycles. The van der Waals surface area contributed by atoms with E-state index in [1.807, 2.05) is 64.1 Å². The Morgan fingerprint density at radius 1 is 1.00 bits per heavy atom. The number of amides is 2. The number of rotatable bonds is 8. The minimum Gasteiger partial charge on any atom is -0.370 e. The second-order valence-electron chi connectivity index (χ2n) is 7.29. The fraction of sp³-hybridized carbons (Fsp3) is 0.304. The van der Waals surface area contributed by atoms with E-state index in [1.165, 1.54) is 11.8 Å². The summed E-state index contributed by atoms with van der Waals surface area (Å²) >= 11 is 1.24. The largest absolute Gasteiger partial charge is 0.370 e. The number of para-hydroxylation sites is 1. The Labute approximate surface area is 186 Å². The standard InChI is InChI=1S/C23H27N5O2S/c1-5-24-22-17-8-6-7-9-18(17)26-23(28-22)31-13-20(30)25-12-19(29)27-21-15(3)10-14(2)11-16(21)4/h6-11H,5,12-13H2,1-4H3,(H,25,30)(H,27,29)(H,24,26,28). The van der Waals surface area contributed by atoms with Gasteiger partial charge in [0.05, 0.1) is 17.8 Å². The second-order valence-corrected chi connectivity index (χ2v) is 8.23. The van der Waals surface area contributed by atoms with Crippen LogP contribution in [0.4, 0.5) is 11.5 Å². The van der Waals surface area contributed by atoms with E-state index in [2.05, 4.69) is 25.9 Å². The maximum atomic E-state index is 12.3. The van der Waals surface area contributed by atoms with Crippen molar-refractivity contribution in [3.05, 3.63) is 53.1 Å². The van der Waals surface area contributed by atoms with Crippen LogP contribution in [-0.2, 0) is 9.59 Å². The molecule has 0 aliphatic rings. The fourth-order valence-electron chi connectivity index (χ4n) is 3.34. The first-order chi connectivity index (χ1) is 14.9. The van der Waals surface area contributed by atoms with Gasteiger partial charge in [0.25, 0.3) is 0 Å². The Morgan fingerprint density at radius 2 is 1.71 bits per heavy atom. The third kappa shape index (κ3) is 5.95. The highest BCUT2D eigenvalue weighted by Gasteiger charge is 2.12. The summed E-state index contributed by atoms with van der Waals surface area (Å²) in [6.45, 7) is 8.58. The molecule has 3 aromatic rings. The first kappa shape index (κ1) is 22.6. The number of nitrogens with one attached hydrogen (secondary N) is 3. The van der Waals surface area contributed by atoms with E-state index in [-0.39, 0.29) is 24.1 Å². The smallest absolute Gasteiger partial charge is 0.243 e. The predicted molar refractivity (Wildman–Crippen MR) is 127 cm³/mol.